The topological polar surface area (TPSA) is 20.3 Å². The fraction of sp³-hybridized carbons (Fsp3) is 0.533. The molecule has 0 saturated carbocycles. The molecule has 1 fully saturated rings. The van der Waals surface area contributed by atoms with E-state index in [0.29, 0.717) is 6.04 Å². The van der Waals surface area contributed by atoms with E-state index in [9.17, 15) is 4.79 Å². The molecule has 1 heterocycles. The van der Waals surface area contributed by atoms with Gasteiger partial charge < -0.3 is 4.90 Å². The maximum atomic E-state index is 12.8. The van der Waals surface area contributed by atoms with Crippen molar-refractivity contribution in [1.29, 1.82) is 0 Å². The molecule has 2 nitrogen and oxygen atoms in total. The van der Waals surface area contributed by atoms with E-state index in [4.69, 9.17) is 0 Å². The Bertz CT molecular complexity index is 463. The lowest BCUT2D eigenvalue weighted by Gasteiger charge is -2.29. The molecule has 0 N–H and O–H groups in total. The van der Waals surface area contributed by atoms with Crippen LogP contribution in [0.1, 0.15) is 49.4 Å². The monoisotopic (exact) mass is 435 g/mol. The lowest BCUT2D eigenvalue weighted by Crippen LogP contribution is -2.40. The number of benzene rings is 1. The number of amides is 1. The van der Waals surface area contributed by atoms with Gasteiger partial charge in [0.2, 0.25) is 0 Å². The van der Waals surface area contributed by atoms with Crippen molar-refractivity contribution in [2.45, 2.75) is 45.1 Å². The number of rotatable bonds is 2. The first kappa shape index (κ1) is 15.3. The van der Waals surface area contributed by atoms with Gasteiger partial charge in [-0.2, -0.15) is 0 Å². The van der Waals surface area contributed by atoms with Crippen LogP contribution in [0.25, 0.3) is 0 Å². The molecule has 1 aliphatic heterocycles. The molecule has 1 aromatic carbocycles. The molecule has 19 heavy (non-hydrogen) atoms. The van der Waals surface area contributed by atoms with Gasteiger partial charge in [0.15, 0.2) is 0 Å². The third-order valence-corrected chi connectivity index (χ3v) is 5.20. The summed E-state index contributed by atoms with van der Waals surface area (Å²) in [4.78, 5) is 14.9. The van der Waals surface area contributed by atoms with Gasteiger partial charge in [0, 0.05) is 20.6 Å². The Hall–Kier alpha value is -0.100. The fourth-order valence-electron chi connectivity index (χ4n) is 2.69. The van der Waals surface area contributed by atoms with Crippen LogP contribution in [0.5, 0.6) is 0 Å². The average Bonchev–Trinajstić information content (AvgIpc) is 2.65. The van der Waals surface area contributed by atoms with Gasteiger partial charge in [-0.05, 0) is 60.1 Å². The van der Waals surface area contributed by atoms with Gasteiger partial charge in [0.25, 0.3) is 5.91 Å². The molecule has 4 heteroatoms. The number of hydrogen-bond donors (Lipinski definition) is 0. The second-order valence-electron chi connectivity index (χ2n) is 5.03. The molecule has 1 amide bonds. The molecule has 1 saturated heterocycles. The summed E-state index contributed by atoms with van der Waals surface area (Å²) in [6, 6.07) is 6.33. The highest BCUT2D eigenvalue weighted by atomic mass is 127. The van der Waals surface area contributed by atoms with Crippen LogP contribution in [0.2, 0.25) is 0 Å². The summed E-state index contributed by atoms with van der Waals surface area (Å²) in [6.45, 7) is 3.09. The first-order chi connectivity index (χ1) is 9.13. The number of carbonyl (C=O) groups excluding carboxylic acids is 1. The minimum absolute atomic E-state index is 0.194. The number of hydrogen-bond acceptors (Lipinski definition) is 1. The first-order valence-corrected chi connectivity index (χ1v) is 8.76. The summed E-state index contributed by atoms with van der Waals surface area (Å²) >= 11 is 5.71. The Morgan fingerprint density at radius 2 is 2.21 bits per heavy atom. The zero-order chi connectivity index (χ0) is 13.8. The smallest absolute Gasteiger partial charge is 0.255 e. The van der Waals surface area contributed by atoms with E-state index >= 15 is 0 Å². The predicted octanol–water partition coefficient (Wildman–Crippen LogP) is 4.85. The van der Waals surface area contributed by atoms with Crippen molar-refractivity contribution in [2.24, 2.45) is 0 Å². The minimum Gasteiger partial charge on any atom is -0.336 e. The molecule has 0 spiro atoms. The van der Waals surface area contributed by atoms with E-state index in [1.165, 1.54) is 12.8 Å². The minimum atomic E-state index is 0.194. The molecule has 1 aliphatic rings. The number of likely N-dealkylation sites (tertiary alicyclic amines) is 1. The third-order valence-electron chi connectivity index (χ3n) is 3.77. The summed E-state index contributed by atoms with van der Waals surface area (Å²) < 4.78 is 2.00. The molecule has 0 bridgehead atoms. The zero-order valence-electron chi connectivity index (χ0n) is 11.2. The van der Waals surface area contributed by atoms with E-state index in [2.05, 4.69) is 50.3 Å². The van der Waals surface area contributed by atoms with Crippen LogP contribution in [0.3, 0.4) is 0 Å². The van der Waals surface area contributed by atoms with Crippen LogP contribution in [-0.2, 0) is 0 Å². The van der Waals surface area contributed by atoms with E-state index in [1.54, 1.807) is 0 Å². The fourth-order valence-corrected chi connectivity index (χ4v) is 3.61. The Labute approximate surface area is 137 Å². The van der Waals surface area contributed by atoms with Crippen molar-refractivity contribution in [3.63, 3.8) is 0 Å². The SMILES string of the molecule is CCC1CCCCCN1C(=O)c1cc(Br)ccc1I. The van der Waals surface area contributed by atoms with Crippen molar-refractivity contribution >= 4 is 44.4 Å². The summed E-state index contributed by atoms with van der Waals surface area (Å²) in [5, 5.41) is 0. The van der Waals surface area contributed by atoms with E-state index in [-0.39, 0.29) is 5.91 Å². The van der Waals surface area contributed by atoms with Gasteiger partial charge in [0.1, 0.15) is 0 Å². The number of carbonyl (C=O) groups is 1. The van der Waals surface area contributed by atoms with Crippen molar-refractivity contribution in [3.05, 3.63) is 31.8 Å². The summed E-state index contributed by atoms with van der Waals surface area (Å²) in [6.07, 6.45) is 5.82. The van der Waals surface area contributed by atoms with Gasteiger partial charge in [-0.1, -0.05) is 35.7 Å². The average molecular weight is 436 g/mol. The van der Waals surface area contributed by atoms with Crippen LogP contribution in [0.4, 0.5) is 0 Å². The first-order valence-electron chi connectivity index (χ1n) is 6.89. The molecule has 0 aliphatic carbocycles. The lowest BCUT2D eigenvalue weighted by molar-refractivity contribution is 0.0677. The molecule has 1 unspecified atom stereocenters. The molecule has 104 valence electrons. The van der Waals surface area contributed by atoms with Crippen molar-refractivity contribution in [2.75, 3.05) is 6.54 Å². The molecule has 1 atom stereocenters. The molecular formula is C15H19BrINO. The molecule has 0 aromatic heterocycles. The van der Waals surface area contributed by atoms with Crippen molar-refractivity contribution < 1.29 is 4.79 Å². The van der Waals surface area contributed by atoms with Gasteiger partial charge in [-0.25, -0.2) is 0 Å². The summed E-state index contributed by atoms with van der Waals surface area (Å²) in [5.74, 6) is 0.194. The molecular weight excluding hydrogens is 417 g/mol. The largest absolute Gasteiger partial charge is 0.336 e. The van der Waals surface area contributed by atoms with E-state index in [0.717, 1.165) is 39.4 Å². The summed E-state index contributed by atoms with van der Waals surface area (Å²) in [5.41, 5.74) is 0.829. The van der Waals surface area contributed by atoms with Gasteiger partial charge in [-0.3, -0.25) is 4.79 Å². The molecule has 0 radical (unpaired) electrons. The maximum absolute atomic E-state index is 12.8. The Balaban J connectivity index is 2.27. The Morgan fingerprint density at radius 3 is 2.95 bits per heavy atom. The second kappa shape index (κ2) is 7.07. The van der Waals surface area contributed by atoms with Crippen LogP contribution in [-0.4, -0.2) is 23.4 Å². The normalized spacial score (nSPS) is 20.2. The van der Waals surface area contributed by atoms with Crippen molar-refractivity contribution in [3.8, 4) is 0 Å². The van der Waals surface area contributed by atoms with Crippen LogP contribution >= 0.6 is 38.5 Å². The molecule has 2 rings (SSSR count). The zero-order valence-corrected chi connectivity index (χ0v) is 14.9. The van der Waals surface area contributed by atoms with E-state index < -0.39 is 0 Å². The Morgan fingerprint density at radius 1 is 1.42 bits per heavy atom. The summed E-state index contributed by atoms with van der Waals surface area (Å²) in [7, 11) is 0. The lowest BCUT2D eigenvalue weighted by atomic mass is 10.1. The number of nitrogens with zero attached hydrogens (tertiary/aromatic N) is 1. The second-order valence-corrected chi connectivity index (χ2v) is 7.11. The molecule has 1 aromatic rings. The quantitative estimate of drug-likeness (QED) is 0.608. The van der Waals surface area contributed by atoms with Gasteiger partial charge in [-0.15, -0.1) is 0 Å². The van der Waals surface area contributed by atoms with Crippen LogP contribution in [0.15, 0.2) is 22.7 Å². The highest BCUT2D eigenvalue weighted by molar-refractivity contribution is 14.1. The van der Waals surface area contributed by atoms with Crippen LogP contribution in [0, 0.1) is 3.57 Å². The van der Waals surface area contributed by atoms with E-state index in [1.807, 2.05) is 18.2 Å². The van der Waals surface area contributed by atoms with Crippen LogP contribution < -0.4 is 0 Å². The van der Waals surface area contributed by atoms with Gasteiger partial charge in [0.05, 0.1) is 5.56 Å². The third kappa shape index (κ3) is 3.72. The van der Waals surface area contributed by atoms with Crippen molar-refractivity contribution in [1.82, 2.24) is 4.90 Å². The number of halogens is 2. The Kier molecular flexibility index (Phi) is 5.69. The highest BCUT2D eigenvalue weighted by Gasteiger charge is 2.26. The maximum Gasteiger partial charge on any atom is 0.255 e. The highest BCUT2D eigenvalue weighted by Crippen LogP contribution is 2.25. The predicted molar refractivity (Wildman–Crippen MR) is 90.4 cm³/mol. The van der Waals surface area contributed by atoms with Gasteiger partial charge >= 0.3 is 0 Å². The standard InChI is InChI=1S/C15H19BrINO/c1-2-12-6-4-3-5-9-18(12)15(19)13-10-11(16)7-8-14(13)17/h7-8,10,12H,2-6,9H2,1H3.